The molecule has 2 rings (SSSR count). The highest BCUT2D eigenvalue weighted by atomic mass is 32.1. The lowest BCUT2D eigenvalue weighted by Crippen LogP contribution is -2.36. The quantitative estimate of drug-likeness (QED) is 0.365. The van der Waals surface area contributed by atoms with Gasteiger partial charge < -0.3 is 29.6 Å². The van der Waals surface area contributed by atoms with E-state index in [4.69, 9.17) is 31.6 Å². The number of methoxy groups -OCH3 is 1. The zero-order valence-electron chi connectivity index (χ0n) is 12.8. The van der Waals surface area contributed by atoms with E-state index in [0.717, 1.165) is 5.56 Å². The van der Waals surface area contributed by atoms with E-state index in [1.165, 1.54) is 13.3 Å². The predicted molar refractivity (Wildman–Crippen MR) is 86.5 cm³/mol. The minimum Gasteiger partial charge on any atom is -0.492 e. The van der Waals surface area contributed by atoms with Crippen molar-refractivity contribution in [3.63, 3.8) is 0 Å². The van der Waals surface area contributed by atoms with Gasteiger partial charge in [0.15, 0.2) is 16.6 Å². The number of fused-ring (bicyclic) bond motifs is 1. The maximum absolute atomic E-state index is 8.92. The molecular weight excluding hydrogens is 306 g/mol. The van der Waals surface area contributed by atoms with Gasteiger partial charge >= 0.3 is 0 Å². The van der Waals surface area contributed by atoms with E-state index < -0.39 is 0 Å². The number of nitrogens with one attached hydrogen (secondary N) is 1. The van der Waals surface area contributed by atoms with E-state index in [2.05, 4.69) is 10.5 Å². The van der Waals surface area contributed by atoms with Gasteiger partial charge in [0, 0.05) is 26.2 Å². The molecule has 0 aliphatic carbocycles. The Labute approximate surface area is 134 Å². The SMILES string of the molecule is CNC(=S)N(C)CCc1cc2c(c(OC)c1/C=N\O)OCO2. The average molecular weight is 325 g/mol. The standard InChI is InChI=1S/C14H19N3O4S/c1-15-14(22)17(2)5-4-9-6-11-13(21-8-20-11)12(19-3)10(9)7-16-18/h6-7,18H,4-5,8H2,1-3H3,(H,15,22)/b16-7-. The Bertz CT molecular complexity index is 592. The summed E-state index contributed by atoms with van der Waals surface area (Å²) >= 11 is 5.18. The van der Waals surface area contributed by atoms with Gasteiger partial charge in [0.25, 0.3) is 0 Å². The number of nitrogens with zero attached hydrogens (tertiary/aromatic N) is 2. The maximum atomic E-state index is 8.92. The molecule has 0 aromatic heterocycles. The Morgan fingerprint density at radius 3 is 3.00 bits per heavy atom. The van der Waals surface area contributed by atoms with Gasteiger partial charge in [0.05, 0.1) is 13.3 Å². The van der Waals surface area contributed by atoms with Gasteiger partial charge in [0.1, 0.15) is 0 Å². The van der Waals surface area contributed by atoms with Crippen molar-refractivity contribution in [3.8, 4) is 17.2 Å². The maximum Gasteiger partial charge on any atom is 0.231 e. The van der Waals surface area contributed by atoms with Gasteiger partial charge in [-0.3, -0.25) is 0 Å². The van der Waals surface area contributed by atoms with Crippen molar-refractivity contribution in [2.24, 2.45) is 5.16 Å². The molecule has 0 fully saturated rings. The van der Waals surface area contributed by atoms with Crippen molar-refractivity contribution in [1.29, 1.82) is 0 Å². The zero-order valence-corrected chi connectivity index (χ0v) is 13.6. The first kappa shape index (κ1) is 16.2. The number of oxime groups is 1. The summed E-state index contributed by atoms with van der Waals surface area (Å²) in [7, 11) is 5.23. The molecule has 0 atom stereocenters. The van der Waals surface area contributed by atoms with Crippen LogP contribution in [-0.4, -0.2) is 56.0 Å². The zero-order chi connectivity index (χ0) is 16.1. The summed E-state index contributed by atoms with van der Waals surface area (Å²) in [4.78, 5) is 1.92. The summed E-state index contributed by atoms with van der Waals surface area (Å²) < 4.78 is 16.2. The Kier molecular flexibility index (Phi) is 5.26. The predicted octanol–water partition coefficient (Wildman–Crippen LogP) is 1.21. The third-order valence-electron chi connectivity index (χ3n) is 3.41. The minimum atomic E-state index is 0.147. The van der Waals surface area contributed by atoms with E-state index in [1.807, 2.05) is 18.0 Å². The van der Waals surface area contributed by atoms with Crippen molar-refractivity contribution < 1.29 is 19.4 Å². The summed E-state index contributed by atoms with van der Waals surface area (Å²) in [5, 5.41) is 15.6. The molecule has 1 aromatic carbocycles. The first-order valence-corrected chi connectivity index (χ1v) is 7.13. The molecule has 120 valence electrons. The van der Waals surface area contributed by atoms with Crippen LogP contribution in [0.25, 0.3) is 0 Å². The monoisotopic (exact) mass is 325 g/mol. The number of ether oxygens (including phenoxy) is 3. The Balaban J connectivity index is 2.32. The fourth-order valence-electron chi connectivity index (χ4n) is 2.27. The highest BCUT2D eigenvalue weighted by molar-refractivity contribution is 7.80. The van der Waals surface area contributed by atoms with Crippen LogP contribution in [0, 0.1) is 0 Å². The lowest BCUT2D eigenvalue weighted by atomic mass is 10.0. The fraction of sp³-hybridized carbons (Fsp3) is 0.429. The van der Waals surface area contributed by atoms with Crippen LogP contribution < -0.4 is 19.5 Å². The number of hydrogen-bond donors (Lipinski definition) is 2. The van der Waals surface area contributed by atoms with Crippen LogP contribution in [0.5, 0.6) is 17.2 Å². The lowest BCUT2D eigenvalue weighted by molar-refractivity contribution is 0.171. The van der Waals surface area contributed by atoms with Gasteiger partial charge in [-0.05, 0) is 30.3 Å². The van der Waals surface area contributed by atoms with Crippen molar-refractivity contribution in [3.05, 3.63) is 17.2 Å². The summed E-state index contributed by atoms with van der Waals surface area (Å²) in [5.41, 5.74) is 1.59. The van der Waals surface area contributed by atoms with Crippen LogP contribution in [0.2, 0.25) is 0 Å². The highest BCUT2D eigenvalue weighted by Gasteiger charge is 2.24. The fourth-order valence-corrected chi connectivity index (χ4v) is 2.36. The molecule has 0 bridgehead atoms. The number of thiocarbonyl (C=S) groups is 1. The third-order valence-corrected chi connectivity index (χ3v) is 3.93. The van der Waals surface area contributed by atoms with Crippen LogP contribution in [0.4, 0.5) is 0 Å². The summed E-state index contributed by atoms with van der Waals surface area (Å²) in [6, 6.07) is 1.87. The van der Waals surface area contributed by atoms with Crippen LogP contribution in [0.3, 0.4) is 0 Å². The van der Waals surface area contributed by atoms with E-state index >= 15 is 0 Å². The second kappa shape index (κ2) is 7.17. The Morgan fingerprint density at radius 2 is 2.36 bits per heavy atom. The number of hydrogen-bond acceptors (Lipinski definition) is 6. The second-order valence-corrected chi connectivity index (χ2v) is 5.07. The summed E-state index contributed by atoms with van der Waals surface area (Å²) in [5.74, 6) is 1.66. The van der Waals surface area contributed by atoms with Gasteiger partial charge in [-0.2, -0.15) is 0 Å². The topological polar surface area (TPSA) is 75.6 Å². The number of rotatable bonds is 5. The molecule has 1 aliphatic rings. The molecule has 0 unspecified atom stereocenters. The van der Waals surface area contributed by atoms with Gasteiger partial charge in [-0.15, -0.1) is 0 Å². The molecule has 0 amide bonds. The molecule has 0 radical (unpaired) electrons. The van der Waals surface area contributed by atoms with Gasteiger partial charge in [0.2, 0.25) is 12.5 Å². The molecule has 1 heterocycles. The van der Waals surface area contributed by atoms with Crippen molar-refractivity contribution in [2.75, 3.05) is 34.5 Å². The Hall–Kier alpha value is -2.22. The molecule has 1 aromatic rings. The first-order chi connectivity index (χ1) is 10.6. The molecule has 1 aliphatic heterocycles. The van der Waals surface area contributed by atoms with Crippen LogP contribution in [0.1, 0.15) is 11.1 Å². The minimum absolute atomic E-state index is 0.147. The molecule has 2 N–H and O–H groups in total. The average Bonchev–Trinajstić information content (AvgIpc) is 2.99. The number of benzene rings is 1. The highest BCUT2D eigenvalue weighted by Crippen LogP contribution is 2.44. The summed E-state index contributed by atoms with van der Waals surface area (Å²) in [6.07, 6.45) is 2.01. The van der Waals surface area contributed by atoms with E-state index in [-0.39, 0.29) is 6.79 Å². The van der Waals surface area contributed by atoms with E-state index in [1.54, 1.807) is 7.05 Å². The smallest absolute Gasteiger partial charge is 0.231 e. The van der Waals surface area contributed by atoms with E-state index in [0.29, 0.717) is 40.9 Å². The van der Waals surface area contributed by atoms with Crippen LogP contribution >= 0.6 is 12.2 Å². The Morgan fingerprint density at radius 1 is 1.59 bits per heavy atom. The van der Waals surface area contributed by atoms with Crippen LogP contribution in [0.15, 0.2) is 11.2 Å². The summed E-state index contributed by atoms with van der Waals surface area (Å²) in [6.45, 7) is 0.837. The largest absolute Gasteiger partial charge is 0.492 e. The molecule has 7 nitrogen and oxygen atoms in total. The van der Waals surface area contributed by atoms with Crippen molar-refractivity contribution >= 4 is 23.5 Å². The molecule has 0 saturated heterocycles. The van der Waals surface area contributed by atoms with Crippen molar-refractivity contribution in [2.45, 2.75) is 6.42 Å². The molecule has 22 heavy (non-hydrogen) atoms. The lowest BCUT2D eigenvalue weighted by Gasteiger charge is -2.20. The second-order valence-electron chi connectivity index (χ2n) is 4.69. The molecular formula is C14H19N3O4S. The van der Waals surface area contributed by atoms with Gasteiger partial charge in [-0.1, -0.05) is 5.16 Å². The molecule has 0 spiro atoms. The van der Waals surface area contributed by atoms with Crippen LogP contribution in [-0.2, 0) is 6.42 Å². The first-order valence-electron chi connectivity index (χ1n) is 6.72. The van der Waals surface area contributed by atoms with E-state index in [9.17, 15) is 0 Å². The third kappa shape index (κ3) is 3.16. The van der Waals surface area contributed by atoms with Gasteiger partial charge in [-0.25, -0.2) is 0 Å². The number of likely N-dealkylation sites (N-methyl/N-ethyl adjacent to an activating group) is 1. The molecule has 0 saturated carbocycles. The molecule has 8 heteroatoms. The normalized spacial score (nSPS) is 12.5. The van der Waals surface area contributed by atoms with Crippen molar-refractivity contribution in [1.82, 2.24) is 10.2 Å².